The van der Waals surface area contributed by atoms with Gasteiger partial charge in [0.15, 0.2) is 0 Å². The number of aromatic nitrogens is 1. The molecule has 1 aromatic carbocycles. The number of hydrogen-bond acceptors (Lipinski definition) is 3. The van der Waals surface area contributed by atoms with Crippen LogP contribution in [-0.4, -0.2) is 16.7 Å². The van der Waals surface area contributed by atoms with E-state index in [2.05, 4.69) is 36.8 Å². The van der Waals surface area contributed by atoms with Crippen LogP contribution in [0.5, 0.6) is 0 Å². The van der Waals surface area contributed by atoms with Gasteiger partial charge in [0.2, 0.25) is 0 Å². The molecule has 1 aliphatic rings. The van der Waals surface area contributed by atoms with Crippen molar-refractivity contribution in [1.82, 2.24) is 4.98 Å². The first-order chi connectivity index (χ1) is 11.0. The summed E-state index contributed by atoms with van der Waals surface area (Å²) in [6.07, 6.45) is 0. The van der Waals surface area contributed by atoms with Crippen molar-refractivity contribution in [1.29, 1.82) is 0 Å². The normalized spacial score (nSPS) is 21.1. The summed E-state index contributed by atoms with van der Waals surface area (Å²) in [5.41, 5.74) is 5.01. The Kier molecular flexibility index (Phi) is 4.47. The number of halogens is 1. The van der Waals surface area contributed by atoms with Crippen LogP contribution in [0.15, 0.2) is 44.8 Å². The number of benzene rings is 1. The molecule has 116 valence electrons. The van der Waals surface area contributed by atoms with Crippen LogP contribution in [0.25, 0.3) is 10.4 Å². The van der Waals surface area contributed by atoms with Crippen molar-refractivity contribution in [3.63, 3.8) is 0 Å². The summed E-state index contributed by atoms with van der Waals surface area (Å²) in [4.78, 5) is 13.2. The van der Waals surface area contributed by atoms with Gasteiger partial charge >= 0.3 is 0 Å². The lowest BCUT2D eigenvalue weighted by molar-refractivity contribution is 0.819. The minimum atomic E-state index is -0.295. The first-order valence-electron chi connectivity index (χ1n) is 7.32. The van der Waals surface area contributed by atoms with Gasteiger partial charge in [0.25, 0.3) is 6.04 Å². The average Bonchev–Trinajstić information content (AvgIpc) is 2.93. The van der Waals surface area contributed by atoms with Crippen LogP contribution < -0.4 is 0 Å². The van der Waals surface area contributed by atoms with Crippen molar-refractivity contribution in [3.8, 4) is 0 Å². The Morgan fingerprint density at radius 1 is 1.22 bits per heavy atom. The van der Waals surface area contributed by atoms with Crippen molar-refractivity contribution in [3.05, 3.63) is 67.5 Å². The quantitative estimate of drug-likeness (QED) is 0.628. The summed E-state index contributed by atoms with van der Waals surface area (Å²) >= 11 is 5.27. The molecular weight excluding hydrogens is 370 g/mol. The monoisotopic (exact) mass is 385 g/mol. The second kappa shape index (κ2) is 6.38. The lowest BCUT2D eigenvalue weighted by atomic mass is 9.80. The molecule has 0 spiro atoms. The average molecular weight is 386 g/mol. The summed E-state index contributed by atoms with van der Waals surface area (Å²) < 4.78 is 1.02. The van der Waals surface area contributed by atoms with Crippen LogP contribution >= 0.6 is 27.3 Å². The van der Waals surface area contributed by atoms with E-state index < -0.39 is 0 Å². The van der Waals surface area contributed by atoms with Crippen molar-refractivity contribution < 1.29 is 0 Å². The predicted molar refractivity (Wildman–Crippen MR) is 99.8 cm³/mol. The SMILES string of the molecule is [C-]#[N+]C1C(C)=NC(C)=C(c2nc(C)cs2)C1c1ccccc1Br. The molecule has 2 atom stereocenters. The molecule has 0 amide bonds. The standard InChI is InChI=1S/C18H16BrN3S/c1-10-9-23-18(21-10)15-11(2)22-12(3)17(20-4)16(15)13-7-5-6-8-14(13)19/h5-9,16-17H,1-3H3. The zero-order valence-electron chi connectivity index (χ0n) is 13.2. The Labute approximate surface area is 148 Å². The third kappa shape index (κ3) is 2.89. The largest absolute Gasteiger partial charge is 0.306 e. The first kappa shape index (κ1) is 16.1. The minimum absolute atomic E-state index is 0.0499. The molecule has 0 saturated heterocycles. The number of allylic oxidation sites excluding steroid dienone is 1. The number of thiazole rings is 1. The zero-order chi connectivity index (χ0) is 16.6. The number of rotatable bonds is 2. The van der Waals surface area contributed by atoms with E-state index in [4.69, 9.17) is 6.57 Å². The highest BCUT2D eigenvalue weighted by atomic mass is 79.9. The van der Waals surface area contributed by atoms with E-state index in [9.17, 15) is 0 Å². The van der Waals surface area contributed by atoms with Gasteiger partial charge in [-0.2, -0.15) is 0 Å². The lowest BCUT2D eigenvalue weighted by Gasteiger charge is -2.26. The van der Waals surface area contributed by atoms with Crippen LogP contribution in [0, 0.1) is 13.5 Å². The predicted octanol–water partition coefficient (Wildman–Crippen LogP) is 5.49. The van der Waals surface area contributed by atoms with Gasteiger partial charge in [0, 0.05) is 26.8 Å². The van der Waals surface area contributed by atoms with E-state index in [1.54, 1.807) is 11.3 Å². The number of aryl methyl sites for hydroxylation is 1. The molecule has 23 heavy (non-hydrogen) atoms. The highest BCUT2D eigenvalue weighted by Crippen LogP contribution is 2.44. The maximum Gasteiger partial charge on any atom is 0.272 e. The summed E-state index contributed by atoms with van der Waals surface area (Å²) in [5, 5.41) is 3.01. The summed E-state index contributed by atoms with van der Waals surface area (Å²) in [7, 11) is 0. The topological polar surface area (TPSA) is 29.6 Å². The molecule has 3 nitrogen and oxygen atoms in total. The van der Waals surface area contributed by atoms with Crippen LogP contribution in [0.4, 0.5) is 0 Å². The molecule has 2 unspecified atom stereocenters. The van der Waals surface area contributed by atoms with Crippen molar-refractivity contribution in [2.45, 2.75) is 32.7 Å². The van der Waals surface area contributed by atoms with Crippen LogP contribution in [0.2, 0.25) is 0 Å². The first-order valence-corrected chi connectivity index (χ1v) is 8.99. The van der Waals surface area contributed by atoms with Gasteiger partial charge in [-0.1, -0.05) is 34.1 Å². The fourth-order valence-electron chi connectivity index (χ4n) is 3.00. The number of aliphatic imine (C=N–C) groups is 1. The minimum Gasteiger partial charge on any atom is -0.306 e. The summed E-state index contributed by atoms with van der Waals surface area (Å²) in [6.45, 7) is 13.6. The third-order valence-electron chi connectivity index (χ3n) is 4.02. The Bertz CT molecular complexity index is 857. The van der Waals surface area contributed by atoms with Gasteiger partial charge in [0.05, 0.1) is 11.6 Å². The van der Waals surface area contributed by atoms with Crippen LogP contribution in [0.1, 0.15) is 36.0 Å². The third-order valence-corrected chi connectivity index (χ3v) is 5.73. The number of nitrogens with zero attached hydrogens (tertiary/aromatic N) is 3. The van der Waals surface area contributed by atoms with E-state index in [-0.39, 0.29) is 12.0 Å². The molecule has 0 radical (unpaired) electrons. The van der Waals surface area contributed by atoms with Gasteiger partial charge in [0.1, 0.15) is 5.01 Å². The Morgan fingerprint density at radius 3 is 2.57 bits per heavy atom. The fraction of sp³-hybridized carbons (Fsp3) is 0.278. The Morgan fingerprint density at radius 2 is 1.96 bits per heavy atom. The van der Waals surface area contributed by atoms with Gasteiger partial charge in [-0.3, -0.25) is 4.99 Å². The molecule has 0 aliphatic carbocycles. The van der Waals surface area contributed by atoms with E-state index in [1.165, 1.54) is 0 Å². The Balaban J connectivity index is 2.25. The molecule has 3 rings (SSSR count). The molecule has 2 aromatic rings. The molecule has 1 aliphatic heterocycles. The van der Waals surface area contributed by atoms with Crippen molar-refractivity contribution in [2.75, 3.05) is 0 Å². The molecule has 0 fully saturated rings. The van der Waals surface area contributed by atoms with Gasteiger partial charge in [-0.05, 0) is 32.4 Å². The molecule has 5 heteroatoms. The van der Waals surface area contributed by atoms with Gasteiger partial charge < -0.3 is 4.85 Å². The van der Waals surface area contributed by atoms with Gasteiger partial charge in [-0.25, -0.2) is 11.6 Å². The second-order valence-electron chi connectivity index (χ2n) is 5.62. The van der Waals surface area contributed by atoms with E-state index in [0.717, 1.165) is 37.7 Å². The second-order valence-corrected chi connectivity index (χ2v) is 7.33. The molecule has 2 heterocycles. The molecule has 0 bridgehead atoms. The molecule has 0 N–H and O–H groups in total. The maximum absolute atomic E-state index is 7.69. The molecule has 0 saturated carbocycles. The summed E-state index contributed by atoms with van der Waals surface area (Å²) in [5.74, 6) is -0.0499. The highest BCUT2D eigenvalue weighted by Gasteiger charge is 2.40. The zero-order valence-corrected chi connectivity index (χ0v) is 15.6. The van der Waals surface area contributed by atoms with Crippen LogP contribution in [-0.2, 0) is 0 Å². The van der Waals surface area contributed by atoms with Gasteiger partial charge in [-0.15, -0.1) is 11.3 Å². The number of hydrogen-bond donors (Lipinski definition) is 0. The lowest BCUT2D eigenvalue weighted by Crippen LogP contribution is -2.28. The van der Waals surface area contributed by atoms with Crippen molar-refractivity contribution >= 4 is 38.6 Å². The highest BCUT2D eigenvalue weighted by molar-refractivity contribution is 9.10. The molecular formula is C18H16BrN3S. The van der Waals surface area contributed by atoms with E-state index in [0.29, 0.717) is 0 Å². The van der Waals surface area contributed by atoms with Crippen molar-refractivity contribution in [2.24, 2.45) is 4.99 Å². The maximum atomic E-state index is 7.69. The molecule has 1 aromatic heterocycles. The summed E-state index contributed by atoms with van der Waals surface area (Å²) in [6, 6.07) is 7.82. The smallest absolute Gasteiger partial charge is 0.272 e. The fourth-order valence-corrected chi connectivity index (χ4v) is 4.47. The van der Waals surface area contributed by atoms with Crippen LogP contribution in [0.3, 0.4) is 0 Å². The Hall–Kier alpha value is -1.77. The van der Waals surface area contributed by atoms with E-state index >= 15 is 0 Å². The van der Waals surface area contributed by atoms with E-state index in [1.807, 2.05) is 44.4 Å².